The molecule has 4 fully saturated rings. The van der Waals surface area contributed by atoms with Crippen molar-refractivity contribution in [1.29, 1.82) is 0 Å². The number of halogens is 2. The van der Waals surface area contributed by atoms with Gasteiger partial charge in [-0.25, -0.2) is 14.2 Å². The first kappa shape index (κ1) is 33.6. The number of ether oxygens (including phenoxy) is 2. The Labute approximate surface area is 278 Å². The van der Waals surface area contributed by atoms with Gasteiger partial charge >= 0.3 is 12.1 Å². The Balaban J connectivity index is 1.22. The standard InChI is InChI=1S/C33H50ClFN6O4Si/c1-31(2,3)45-30(42)41-21-10-11-22(41)18-39(17-21)28-24-16-36-27(34)25(35)26(24)37-29(38-28)43-20-33-13-9-15-40(33)23(12-14-33)19-44-46(7,8)32(4,5)6/h16,21-23H,9-15,17-20H2,1-8H3. The second-order valence-corrected chi connectivity index (χ2v) is 21.4. The van der Waals surface area contributed by atoms with Crippen molar-refractivity contribution < 1.29 is 23.1 Å². The van der Waals surface area contributed by atoms with E-state index in [2.05, 4.69) is 53.6 Å². The summed E-state index contributed by atoms with van der Waals surface area (Å²) in [5, 5.41) is 0.403. The molecule has 4 aliphatic heterocycles. The summed E-state index contributed by atoms with van der Waals surface area (Å²) < 4.78 is 34.2. The third-order valence-corrected chi connectivity index (χ3v) is 15.7. The molecular formula is C33H50ClFN6O4Si. The molecule has 2 aromatic rings. The number of nitrogens with zero attached hydrogens (tertiary/aromatic N) is 6. The minimum Gasteiger partial charge on any atom is -0.461 e. The summed E-state index contributed by atoms with van der Waals surface area (Å²) in [4.78, 5) is 33.1. The molecule has 13 heteroatoms. The van der Waals surface area contributed by atoms with Crippen LogP contribution in [0.3, 0.4) is 0 Å². The van der Waals surface area contributed by atoms with Crippen LogP contribution < -0.4 is 9.64 Å². The zero-order valence-electron chi connectivity index (χ0n) is 28.7. The van der Waals surface area contributed by atoms with Crippen LogP contribution in [-0.2, 0) is 9.16 Å². The highest BCUT2D eigenvalue weighted by atomic mass is 35.5. The summed E-state index contributed by atoms with van der Waals surface area (Å²) in [6.07, 6.45) is 7.17. The highest BCUT2D eigenvalue weighted by Crippen LogP contribution is 2.44. The molecule has 6 heterocycles. The van der Waals surface area contributed by atoms with E-state index in [0.29, 0.717) is 36.9 Å². The second kappa shape index (κ2) is 12.0. The number of hydrogen-bond acceptors (Lipinski definition) is 9. The largest absolute Gasteiger partial charge is 0.461 e. The number of piperazine rings is 1. The molecule has 254 valence electrons. The van der Waals surface area contributed by atoms with Crippen LogP contribution in [0, 0.1) is 5.82 Å². The van der Waals surface area contributed by atoms with E-state index < -0.39 is 19.7 Å². The van der Waals surface area contributed by atoms with Gasteiger partial charge in [-0.05, 0) is 84.0 Å². The summed E-state index contributed by atoms with van der Waals surface area (Å²) in [6.45, 7) is 20.3. The maximum Gasteiger partial charge on any atom is 0.410 e. The second-order valence-electron chi connectivity index (χ2n) is 16.2. The van der Waals surface area contributed by atoms with Gasteiger partial charge in [0.2, 0.25) is 0 Å². The normalized spacial score (nSPS) is 27.0. The number of anilines is 1. The van der Waals surface area contributed by atoms with Crippen LogP contribution in [0.4, 0.5) is 15.0 Å². The molecule has 0 spiro atoms. The Bertz CT molecular complexity index is 1470. The molecule has 6 rings (SSSR count). The molecule has 2 bridgehead atoms. The molecule has 1 amide bonds. The van der Waals surface area contributed by atoms with Crippen molar-refractivity contribution in [2.24, 2.45) is 0 Å². The fourth-order valence-electron chi connectivity index (χ4n) is 7.50. The van der Waals surface area contributed by atoms with E-state index in [9.17, 15) is 4.79 Å². The van der Waals surface area contributed by atoms with Crippen molar-refractivity contribution in [1.82, 2.24) is 24.8 Å². The van der Waals surface area contributed by atoms with E-state index in [4.69, 9.17) is 30.5 Å². The van der Waals surface area contributed by atoms with Gasteiger partial charge in [0.15, 0.2) is 19.3 Å². The first-order valence-electron chi connectivity index (χ1n) is 16.8. The first-order valence-corrected chi connectivity index (χ1v) is 20.1. The average molecular weight is 677 g/mol. The predicted octanol–water partition coefficient (Wildman–Crippen LogP) is 6.80. The van der Waals surface area contributed by atoms with Crippen LogP contribution in [0.1, 0.15) is 80.1 Å². The number of aromatic nitrogens is 3. The summed E-state index contributed by atoms with van der Waals surface area (Å²) in [7, 11) is -1.86. The maximum atomic E-state index is 15.4. The van der Waals surface area contributed by atoms with Crippen molar-refractivity contribution in [2.75, 3.05) is 37.7 Å². The Morgan fingerprint density at radius 3 is 2.43 bits per heavy atom. The highest BCUT2D eigenvalue weighted by Gasteiger charge is 2.51. The fourth-order valence-corrected chi connectivity index (χ4v) is 8.68. The summed E-state index contributed by atoms with van der Waals surface area (Å²) in [5.41, 5.74) is -0.599. The minimum absolute atomic E-state index is 0.0389. The molecule has 4 atom stereocenters. The Morgan fingerprint density at radius 2 is 1.78 bits per heavy atom. The minimum atomic E-state index is -1.86. The van der Waals surface area contributed by atoms with E-state index in [0.717, 1.165) is 51.7 Å². The SMILES string of the molecule is CC(C)(C)OC(=O)N1C2CCC1CN(c1nc(OCC34CCCN3C(CO[Si](C)(C)C(C)(C)C)CC4)nc3c(F)c(Cl)ncc13)C2. The van der Waals surface area contributed by atoms with Crippen molar-refractivity contribution in [3.63, 3.8) is 0 Å². The van der Waals surface area contributed by atoms with Gasteiger partial charge in [-0.2, -0.15) is 9.97 Å². The van der Waals surface area contributed by atoms with Crippen LogP contribution in [0.5, 0.6) is 6.01 Å². The van der Waals surface area contributed by atoms with Gasteiger partial charge in [-0.1, -0.05) is 32.4 Å². The Kier molecular flexibility index (Phi) is 8.77. The Morgan fingerprint density at radius 1 is 1.09 bits per heavy atom. The van der Waals surface area contributed by atoms with Crippen molar-refractivity contribution >= 4 is 42.7 Å². The lowest BCUT2D eigenvalue weighted by atomic mass is 9.95. The van der Waals surface area contributed by atoms with Crippen LogP contribution in [0.25, 0.3) is 10.9 Å². The first-order chi connectivity index (χ1) is 21.5. The van der Waals surface area contributed by atoms with Crippen LogP contribution in [0.2, 0.25) is 23.3 Å². The molecule has 0 aliphatic carbocycles. The van der Waals surface area contributed by atoms with Gasteiger partial charge < -0.3 is 18.8 Å². The quantitative estimate of drug-likeness (QED) is 0.232. The lowest BCUT2D eigenvalue weighted by Crippen LogP contribution is -2.57. The van der Waals surface area contributed by atoms with E-state index >= 15 is 4.39 Å². The van der Waals surface area contributed by atoms with Crippen LogP contribution in [-0.4, -0.2) is 101 Å². The Hall–Kier alpha value is -2.28. The monoisotopic (exact) mass is 676 g/mol. The van der Waals surface area contributed by atoms with Gasteiger partial charge in [0.05, 0.1) is 23.0 Å². The summed E-state index contributed by atoms with van der Waals surface area (Å²) >= 11 is 6.12. The number of rotatable bonds is 7. The summed E-state index contributed by atoms with van der Waals surface area (Å²) in [5.74, 6) is -0.135. The lowest BCUT2D eigenvalue weighted by molar-refractivity contribution is 0.0122. The number of carbonyl (C=O) groups excluding carboxylic acids is 1. The van der Waals surface area contributed by atoms with Gasteiger partial charge in [-0.15, -0.1) is 0 Å². The van der Waals surface area contributed by atoms with E-state index in [1.54, 1.807) is 0 Å². The van der Waals surface area contributed by atoms with Crippen molar-refractivity contribution in [3.8, 4) is 6.01 Å². The lowest BCUT2D eigenvalue weighted by Gasteiger charge is -2.42. The number of hydrogen-bond donors (Lipinski definition) is 0. The molecule has 10 nitrogen and oxygen atoms in total. The maximum absolute atomic E-state index is 15.4. The van der Waals surface area contributed by atoms with Crippen molar-refractivity contribution in [2.45, 2.75) is 127 Å². The molecule has 0 saturated carbocycles. The third-order valence-electron chi connectivity index (χ3n) is 10.9. The highest BCUT2D eigenvalue weighted by molar-refractivity contribution is 6.74. The van der Waals surface area contributed by atoms with Gasteiger partial charge in [0.1, 0.15) is 23.5 Å². The smallest absolute Gasteiger partial charge is 0.410 e. The number of amides is 1. The fraction of sp³-hybridized carbons (Fsp3) is 0.758. The molecule has 46 heavy (non-hydrogen) atoms. The zero-order valence-corrected chi connectivity index (χ0v) is 30.4. The number of pyridine rings is 1. The number of fused-ring (bicyclic) bond motifs is 4. The van der Waals surface area contributed by atoms with Crippen molar-refractivity contribution in [3.05, 3.63) is 17.2 Å². The molecular weight excluding hydrogens is 627 g/mol. The average Bonchev–Trinajstić information content (AvgIpc) is 3.61. The predicted molar refractivity (Wildman–Crippen MR) is 180 cm³/mol. The third kappa shape index (κ3) is 6.31. The van der Waals surface area contributed by atoms with Gasteiger partial charge in [0, 0.05) is 31.9 Å². The van der Waals surface area contributed by atoms with Gasteiger partial charge in [-0.3, -0.25) is 9.80 Å². The van der Waals surface area contributed by atoms with E-state index in [1.807, 2.05) is 25.7 Å². The molecule has 0 radical (unpaired) electrons. The zero-order chi connectivity index (χ0) is 33.2. The van der Waals surface area contributed by atoms with E-state index in [-0.39, 0.29) is 45.4 Å². The van der Waals surface area contributed by atoms with Crippen LogP contribution >= 0.6 is 11.6 Å². The topological polar surface area (TPSA) is 93.2 Å². The van der Waals surface area contributed by atoms with Gasteiger partial charge in [0.25, 0.3) is 0 Å². The number of carbonyl (C=O) groups is 1. The van der Waals surface area contributed by atoms with Crippen LogP contribution in [0.15, 0.2) is 6.20 Å². The van der Waals surface area contributed by atoms with E-state index in [1.165, 1.54) is 6.20 Å². The molecule has 2 aromatic heterocycles. The summed E-state index contributed by atoms with van der Waals surface area (Å²) in [6, 6.07) is 0.408. The molecule has 4 unspecified atom stereocenters. The molecule has 0 N–H and O–H groups in total. The molecule has 0 aromatic carbocycles. The molecule has 4 saturated heterocycles. The molecule has 4 aliphatic rings.